The van der Waals surface area contributed by atoms with Gasteiger partial charge in [-0.05, 0) is 45.1 Å². The molecular weight excluding hydrogens is 198 g/mol. The van der Waals surface area contributed by atoms with E-state index in [1.54, 1.807) is 7.11 Å². The second kappa shape index (κ2) is 6.61. The van der Waals surface area contributed by atoms with E-state index in [-0.39, 0.29) is 5.60 Å². The van der Waals surface area contributed by atoms with Gasteiger partial charge >= 0.3 is 0 Å². The van der Waals surface area contributed by atoms with Crippen LogP contribution in [0.1, 0.15) is 60.8 Å². The highest BCUT2D eigenvalue weighted by Gasteiger charge is 2.26. The van der Waals surface area contributed by atoms with Crippen LogP contribution in [0.2, 0.25) is 0 Å². The number of hydrogen-bond acceptors (Lipinski definition) is 2. The van der Waals surface area contributed by atoms with E-state index in [2.05, 4.69) is 46.9 Å². The summed E-state index contributed by atoms with van der Waals surface area (Å²) < 4.78 is 5.48. The molecule has 2 heteroatoms. The van der Waals surface area contributed by atoms with E-state index in [0.717, 1.165) is 13.0 Å². The molecule has 0 aliphatic carbocycles. The van der Waals surface area contributed by atoms with Crippen molar-refractivity contribution >= 4 is 0 Å². The molecule has 1 unspecified atom stereocenters. The molecule has 0 saturated carbocycles. The van der Waals surface area contributed by atoms with Crippen LogP contribution in [0.15, 0.2) is 0 Å². The van der Waals surface area contributed by atoms with Crippen molar-refractivity contribution in [3.8, 4) is 0 Å². The zero-order chi connectivity index (χ0) is 12.8. The molecule has 0 aromatic rings. The molecule has 0 radical (unpaired) electrons. The Labute approximate surface area is 102 Å². The molecule has 0 saturated heterocycles. The van der Waals surface area contributed by atoms with Gasteiger partial charge in [-0.1, -0.05) is 27.7 Å². The van der Waals surface area contributed by atoms with Crippen molar-refractivity contribution in [2.75, 3.05) is 13.7 Å². The molecule has 0 rings (SSSR count). The molecule has 98 valence electrons. The third-order valence-electron chi connectivity index (χ3n) is 3.27. The first kappa shape index (κ1) is 15.9. The summed E-state index contributed by atoms with van der Waals surface area (Å²) >= 11 is 0. The highest BCUT2D eigenvalue weighted by Crippen LogP contribution is 2.26. The third kappa shape index (κ3) is 6.49. The Bertz CT molecular complexity index is 182. The van der Waals surface area contributed by atoms with Gasteiger partial charge in [-0.15, -0.1) is 0 Å². The molecule has 0 fully saturated rings. The Hall–Kier alpha value is -0.0800. The molecule has 0 aliphatic rings. The van der Waals surface area contributed by atoms with Gasteiger partial charge in [0.2, 0.25) is 0 Å². The first-order valence-electron chi connectivity index (χ1n) is 6.51. The summed E-state index contributed by atoms with van der Waals surface area (Å²) in [7, 11) is 1.80. The quantitative estimate of drug-likeness (QED) is 0.720. The summed E-state index contributed by atoms with van der Waals surface area (Å²) in [4.78, 5) is 0. The largest absolute Gasteiger partial charge is 0.379 e. The minimum absolute atomic E-state index is 0.00258. The Morgan fingerprint density at radius 1 is 1.12 bits per heavy atom. The molecule has 0 aromatic carbocycles. The maximum Gasteiger partial charge on any atom is 0.0623 e. The number of rotatable bonds is 7. The van der Waals surface area contributed by atoms with E-state index in [1.165, 1.54) is 12.8 Å². The lowest BCUT2D eigenvalue weighted by molar-refractivity contribution is 0.00856. The number of hydrogen-bond donors (Lipinski definition) is 1. The minimum atomic E-state index is -0.00258. The summed E-state index contributed by atoms with van der Waals surface area (Å²) in [5.74, 6) is 0. The predicted octanol–water partition coefficient (Wildman–Crippen LogP) is 3.61. The second-order valence-corrected chi connectivity index (χ2v) is 6.38. The Morgan fingerprint density at radius 2 is 1.69 bits per heavy atom. The van der Waals surface area contributed by atoms with E-state index in [4.69, 9.17) is 4.74 Å². The van der Waals surface area contributed by atoms with Gasteiger partial charge in [-0.3, -0.25) is 0 Å². The molecule has 2 nitrogen and oxygen atoms in total. The highest BCUT2D eigenvalue weighted by atomic mass is 16.5. The van der Waals surface area contributed by atoms with E-state index >= 15 is 0 Å². The lowest BCUT2D eigenvalue weighted by Gasteiger charge is -2.34. The van der Waals surface area contributed by atoms with Crippen molar-refractivity contribution in [3.63, 3.8) is 0 Å². The Morgan fingerprint density at radius 3 is 2.06 bits per heavy atom. The smallest absolute Gasteiger partial charge is 0.0623 e. The van der Waals surface area contributed by atoms with Crippen LogP contribution in [0.5, 0.6) is 0 Å². The topological polar surface area (TPSA) is 21.3 Å². The van der Waals surface area contributed by atoms with Crippen molar-refractivity contribution in [1.82, 2.24) is 5.32 Å². The van der Waals surface area contributed by atoms with Gasteiger partial charge in [0.05, 0.1) is 5.60 Å². The summed E-state index contributed by atoms with van der Waals surface area (Å²) in [6.45, 7) is 14.6. The first-order valence-corrected chi connectivity index (χ1v) is 6.51. The van der Waals surface area contributed by atoms with Crippen molar-refractivity contribution in [2.45, 2.75) is 72.4 Å². The third-order valence-corrected chi connectivity index (χ3v) is 3.27. The van der Waals surface area contributed by atoms with Crippen LogP contribution in [0, 0.1) is 5.41 Å². The zero-order valence-electron chi connectivity index (χ0n) is 12.3. The summed E-state index contributed by atoms with van der Waals surface area (Å²) in [5, 5.41) is 3.65. The first-order chi connectivity index (χ1) is 7.23. The van der Waals surface area contributed by atoms with Crippen molar-refractivity contribution in [3.05, 3.63) is 0 Å². The van der Waals surface area contributed by atoms with Crippen LogP contribution in [0.25, 0.3) is 0 Å². The predicted molar refractivity (Wildman–Crippen MR) is 71.9 cm³/mol. The molecule has 0 amide bonds. The van der Waals surface area contributed by atoms with Gasteiger partial charge in [-0.25, -0.2) is 0 Å². The van der Waals surface area contributed by atoms with Gasteiger partial charge in [-0.2, -0.15) is 0 Å². The fourth-order valence-electron chi connectivity index (χ4n) is 1.75. The molecule has 0 heterocycles. The Balaban J connectivity index is 4.22. The summed E-state index contributed by atoms with van der Waals surface area (Å²) in [6, 6.07) is 0.571. The molecule has 0 bridgehead atoms. The van der Waals surface area contributed by atoms with Crippen LogP contribution >= 0.6 is 0 Å². The average Bonchev–Trinajstić information content (AvgIpc) is 2.16. The lowest BCUT2D eigenvalue weighted by Crippen LogP contribution is -2.42. The van der Waals surface area contributed by atoms with E-state index < -0.39 is 0 Å². The van der Waals surface area contributed by atoms with Crippen molar-refractivity contribution < 1.29 is 4.74 Å². The maximum atomic E-state index is 5.48. The highest BCUT2D eigenvalue weighted by molar-refractivity contribution is 4.83. The summed E-state index contributed by atoms with van der Waals surface area (Å²) in [5.41, 5.74) is 0.316. The number of methoxy groups -OCH3 is 1. The van der Waals surface area contributed by atoms with Crippen molar-refractivity contribution in [2.24, 2.45) is 5.41 Å². The fourth-order valence-corrected chi connectivity index (χ4v) is 1.75. The molecule has 0 aliphatic heterocycles. The van der Waals surface area contributed by atoms with Gasteiger partial charge in [0.25, 0.3) is 0 Å². The monoisotopic (exact) mass is 229 g/mol. The molecule has 16 heavy (non-hydrogen) atoms. The standard InChI is InChI=1S/C14H31NO/c1-8-11-15-12(13(2,3)4)9-10-14(5,6)16-7/h12,15H,8-11H2,1-7H3. The van der Waals surface area contributed by atoms with Crippen LogP contribution in [-0.2, 0) is 4.74 Å². The van der Waals surface area contributed by atoms with Crippen LogP contribution in [-0.4, -0.2) is 25.3 Å². The van der Waals surface area contributed by atoms with Crippen LogP contribution in [0.3, 0.4) is 0 Å². The molecule has 0 spiro atoms. The fraction of sp³-hybridized carbons (Fsp3) is 1.00. The maximum absolute atomic E-state index is 5.48. The minimum Gasteiger partial charge on any atom is -0.379 e. The normalized spacial score (nSPS) is 15.2. The van der Waals surface area contributed by atoms with Gasteiger partial charge in [0.15, 0.2) is 0 Å². The molecular formula is C14H31NO. The summed E-state index contributed by atoms with van der Waals surface area (Å²) in [6.07, 6.45) is 3.47. The van der Waals surface area contributed by atoms with Crippen LogP contribution in [0.4, 0.5) is 0 Å². The number of ether oxygens (including phenoxy) is 1. The van der Waals surface area contributed by atoms with E-state index in [0.29, 0.717) is 11.5 Å². The SMILES string of the molecule is CCCNC(CCC(C)(C)OC)C(C)(C)C. The van der Waals surface area contributed by atoms with E-state index in [1.807, 2.05) is 0 Å². The second-order valence-electron chi connectivity index (χ2n) is 6.38. The Kier molecular flexibility index (Phi) is 6.57. The van der Waals surface area contributed by atoms with Crippen molar-refractivity contribution in [1.29, 1.82) is 0 Å². The van der Waals surface area contributed by atoms with E-state index in [9.17, 15) is 0 Å². The van der Waals surface area contributed by atoms with Gasteiger partial charge in [0.1, 0.15) is 0 Å². The molecule has 0 aromatic heterocycles. The molecule has 1 atom stereocenters. The number of nitrogens with one attached hydrogen (secondary N) is 1. The van der Waals surface area contributed by atoms with Crippen LogP contribution < -0.4 is 5.32 Å². The van der Waals surface area contributed by atoms with Gasteiger partial charge < -0.3 is 10.1 Å². The molecule has 1 N–H and O–H groups in total. The zero-order valence-corrected chi connectivity index (χ0v) is 12.3. The van der Waals surface area contributed by atoms with Gasteiger partial charge in [0, 0.05) is 13.2 Å². The lowest BCUT2D eigenvalue weighted by atomic mass is 9.82. The average molecular weight is 229 g/mol.